The van der Waals surface area contributed by atoms with E-state index in [-0.39, 0.29) is 10.6 Å². The average Bonchev–Trinajstić information content (AvgIpc) is 2.92. The van der Waals surface area contributed by atoms with Gasteiger partial charge in [-0.25, -0.2) is 0 Å². The first kappa shape index (κ1) is 14.1. The zero-order chi connectivity index (χ0) is 13.8. The van der Waals surface area contributed by atoms with Crippen LogP contribution in [0, 0.1) is 10.1 Å². The standard InChI is InChI=1S/C13H19N3O2S/c1-14-13-4-3-11(16(17)18)7-10(13)8-15(2)12-5-6-19-9-12/h3-4,7,12,14H,5-6,8-9H2,1-2H3. The quantitative estimate of drug-likeness (QED) is 0.664. The fourth-order valence-corrected chi connectivity index (χ4v) is 3.63. The van der Waals surface area contributed by atoms with Crippen molar-refractivity contribution in [2.24, 2.45) is 0 Å². The second kappa shape index (κ2) is 6.25. The second-order valence-electron chi connectivity index (χ2n) is 4.78. The minimum Gasteiger partial charge on any atom is -0.388 e. The van der Waals surface area contributed by atoms with Crippen LogP contribution in [-0.4, -0.2) is 41.5 Å². The van der Waals surface area contributed by atoms with Crippen molar-refractivity contribution in [2.75, 3.05) is 30.9 Å². The molecule has 1 unspecified atom stereocenters. The van der Waals surface area contributed by atoms with Gasteiger partial charge in [-0.3, -0.25) is 15.0 Å². The van der Waals surface area contributed by atoms with E-state index in [0.717, 1.165) is 23.5 Å². The highest BCUT2D eigenvalue weighted by Crippen LogP contribution is 2.26. The first-order chi connectivity index (χ1) is 9.11. The Balaban J connectivity index is 2.16. The first-order valence-corrected chi connectivity index (χ1v) is 7.50. The number of nitro groups is 1. The molecule has 1 aliphatic rings. The molecule has 0 radical (unpaired) electrons. The number of thioether (sulfide) groups is 1. The summed E-state index contributed by atoms with van der Waals surface area (Å²) in [5, 5.41) is 14.0. The van der Waals surface area contributed by atoms with Crippen molar-refractivity contribution in [3.63, 3.8) is 0 Å². The van der Waals surface area contributed by atoms with Gasteiger partial charge in [0.1, 0.15) is 0 Å². The van der Waals surface area contributed by atoms with Gasteiger partial charge >= 0.3 is 0 Å². The largest absolute Gasteiger partial charge is 0.388 e. The van der Waals surface area contributed by atoms with Crippen molar-refractivity contribution < 1.29 is 4.92 Å². The van der Waals surface area contributed by atoms with Crippen molar-refractivity contribution in [1.29, 1.82) is 0 Å². The number of anilines is 1. The fraction of sp³-hybridized carbons (Fsp3) is 0.538. The molecule has 1 atom stereocenters. The Morgan fingerprint density at radius 2 is 2.37 bits per heavy atom. The smallest absolute Gasteiger partial charge is 0.269 e. The summed E-state index contributed by atoms with van der Waals surface area (Å²) in [7, 11) is 3.94. The third-order valence-corrected chi connectivity index (χ3v) is 4.66. The topological polar surface area (TPSA) is 58.4 Å². The lowest BCUT2D eigenvalue weighted by Crippen LogP contribution is -2.31. The third-order valence-electron chi connectivity index (χ3n) is 3.52. The van der Waals surface area contributed by atoms with Crippen LogP contribution in [0.25, 0.3) is 0 Å². The molecule has 104 valence electrons. The highest BCUT2D eigenvalue weighted by molar-refractivity contribution is 7.99. The second-order valence-corrected chi connectivity index (χ2v) is 5.93. The number of non-ortho nitro benzene ring substituents is 1. The summed E-state index contributed by atoms with van der Waals surface area (Å²) >= 11 is 1.97. The van der Waals surface area contributed by atoms with E-state index in [1.807, 2.05) is 18.8 Å². The van der Waals surface area contributed by atoms with Gasteiger partial charge in [-0.1, -0.05) is 0 Å². The number of benzene rings is 1. The molecular weight excluding hydrogens is 262 g/mol. The number of nitro benzene ring substituents is 1. The van der Waals surface area contributed by atoms with E-state index in [1.54, 1.807) is 18.2 Å². The third kappa shape index (κ3) is 3.39. The summed E-state index contributed by atoms with van der Waals surface area (Å²) in [5.41, 5.74) is 2.10. The number of rotatable bonds is 5. The van der Waals surface area contributed by atoms with Gasteiger partial charge in [0.05, 0.1) is 4.92 Å². The summed E-state index contributed by atoms with van der Waals surface area (Å²) in [6, 6.07) is 5.57. The fourth-order valence-electron chi connectivity index (χ4n) is 2.34. The predicted octanol–water partition coefficient (Wildman–Crippen LogP) is 2.57. The maximum atomic E-state index is 10.9. The van der Waals surface area contributed by atoms with E-state index in [9.17, 15) is 10.1 Å². The number of hydrogen-bond acceptors (Lipinski definition) is 5. The monoisotopic (exact) mass is 281 g/mol. The summed E-state index contributed by atoms with van der Waals surface area (Å²) in [5.74, 6) is 2.36. The Kier molecular flexibility index (Phi) is 4.66. The molecule has 0 saturated carbocycles. The van der Waals surface area contributed by atoms with Gasteiger partial charge in [0.25, 0.3) is 5.69 Å². The Bertz CT molecular complexity index is 461. The van der Waals surface area contributed by atoms with Crippen LogP contribution in [0.1, 0.15) is 12.0 Å². The van der Waals surface area contributed by atoms with Crippen molar-refractivity contribution in [3.8, 4) is 0 Å². The molecule has 0 amide bonds. The minimum atomic E-state index is -0.339. The number of nitrogens with zero attached hydrogens (tertiary/aromatic N) is 2. The first-order valence-electron chi connectivity index (χ1n) is 6.35. The summed E-state index contributed by atoms with van der Waals surface area (Å²) in [6.45, 7) is 0.739. The Hall–Kier alpha value is -1.27. The molecule has 1 N–H and O–H groups in total. The van der Waals surface area contributed by atoms with Gasteiger partial charge in [0.2, 0.25) is 0 Å². The molecule has 0 spiro atoms. The number of nitrogens with one attached hydrogen (secondary N) is 1. The molecule has 5 nitrogen and oxygen atoms in total. The average molecular weight is 281 g/mol. The molecule has 6 heteroatoms. The molecule has 0 aliphatic carbocycles. The van der Waals surface area contributed by atoms with Crippen LogP contribution in [0.3, 0.4) is 0 Å². The lowest BCUT2D eigenvalue weighted by Gasteiger charge is -2.24. The molecule has 1 fully saturated rings. The molecule has 0 aromatic heterocycles. The van der Waals surface area contributed by atoms with Gasteiger partial charge in [0.15, 0.2) is 0 Å². The zero-order valence-electron chi connectivity index (χ0n) is 11.3. The van der Waals surface area contributed by atoms with Crippen molar-refractivity contribution in [2.45, 2.75) is 19.0 Å². The van der Waals surface area contributed by atoms with Crippen LogP contribution in [0.15, 0.2) is 18.2 Å². The molecule has 0 bridgehead atoms. The molecule has 2 rings (SSSR count). The van der Waals surface area contributed by atoms with Gasteiger partial charge < -0.3 is 5.32 Å². The van der Waals surface area contributed by atoms with Crippen LogP contribution in [0.5, 0.6) is 0 Å². The van der Waals surface area contributed by atoms with Crippen LogP contribution in [0.4, 0.5) is 11.4 Å². The number of hydrogen-bond donors (Lipinski definition) is 1. The lowest BCUT2D eigenvalue weighted by atomic mass is 10.1. The SMILES string of the molecule is CNc1ccc([N+](=O)[O-])cc1CN(C)C1CCSC1. The van der Waals surface area contributed by atoms with E-state index in [0.29, 0.717) is 6.04 Å². The van der Waals surface area contributed by atoms with Gasteiger partial charge in [0, 0.05) is 43.2 Å². The van der Waals surface area contributed by atoms with Crippen LogP contribution in [0.2, 0.25) is 0 Å². The zero-order valence-corrected chi connectivity index (χ0v) is 12.1. The molecule has 19 heavy (non-hydrogen) atoms. The molecular formula is C13H19N3O2S. The van der Waals surface area contributed by atoms with Gasteiger partial charge in [-0.2, -0.15) is 11.8 Å². The van der Waals surface area contributed by atoms with Crippen LogP contribution in [-0.2, 0) is 6.54 Å². The van der Waals surface area contributed by atoms with Crippen molar-refractivity contribution >= 4 is 23.1 Å². The maximum absolute atomic E-state index is 10.9. The summed E-state index contributed by atoms with van der Waals surface area (Å²) in [4.78, 5) is 12.8. The highest BCUT2D eigenvalue weighted by atomic mass is 32.2. The van der Waals surface area contributed by atoms with E-state index in [4.69, 9.17) is 0 Å². The Morgan fingerprint density at radius 1 is 1.58 bits per heavy atom. The van der Waals surface area contributed by atoms with E-state index in [1.165, 1.54) is 12.2 Å². The summed E-state index contributed by atoms with van der Waals surface area (Å²) < 4.78 is 0. The van der Waals surface area contributed by atoms with E-state index in [2.05, 4.69) is 17.3 Å². The van der Waals surface area contributed by atoms with E-state index < -0.39 is 0 Å². The maximum Gasteiger partial charge on any atom is 0.269 e. The van der Waals surface area contributed by atoms with Crippen LogP contribution >= 0.6 is 11.8 Å². The normalized spacial score (nSPS) is 18.8. The Labute approximate surface area is 117 Å². The van der Waals surface area contributed by atoms with E-state index >= 15 is 0 Å². The molecule has 1 aromatic rings. The molecule has 1 aromatic carbocycles. The molecule has 1 aliphatic heterocycles. The van der Waals surface area contributed by atoms with Crippen LogP contribution < -0.4 is 5.32 Å². The molecule has 1 saturated heterocycles. The van der Waals surface area contributed by atoms with Crippen molar-refractivity contribution in [1.82, 2.24) is 4.90 Å². The minimum absolute atomic E-state index is 0.156. The van der Waals surface area contributed by atoms with Gasteiger partial charge in [-0.15, -0.1) is 0 Å². The van der Waals surface area contributed by atoms with Gasteiger partial charge in [-0.05, 0) is 30.9 Å². The highest BCUT2D eigenvalue weighted by Gasteiger charge is 2.21. The molecule has 1 heterocycles. The lowest BCUT2D eigenvalue weighted by molar-refractivity contribution is -0.384. The van der Waals surface area contributed by atoms with Crippen molar-refractivity contribution in [3.05, 3.63) is 33.9 Å². The predicted molar refractivity (Wildman–Crippen MR) is 79.8 cm³/mol. The summed E-state index contributed by atoms with van der Waals surface area (Å²) in [6.07, 6.45) is 1.20. The Morgan fingerprint density at radius 3 is 2.95 bits per heavy atom.